The quantitative estimate of drug-likeness (QED) is 0.876. The lowest BCUT2D eigenvalue weighted by Gasteiger charge is -2.32. The molecule has 19 heavy (non-hydrogen) atoms. The minimum absolute atomic E-state index is 0.228. The van der Waals surface area contributed by atoms with E-state index >= 15 is 0 Å². The minimum Gasteiger partial charge on any atom is -0.339 e. The van der Waals surface area contributed by atoms with Crippen molar-refractivity contribution in [1.82, 2.24) is 15.1 Å². The van der Waals surface area contributed by atoms with Crippen molar-refractivity contribution in [2.45, 2.75) is 19.4 Å². The van der Waals surface area contributed by atoms with Gasteiger partial charge in [-0.3, -0.25) is 4.79 Å². The fraction of sp³-hybridized carbons (Fsp3) is 0.643. The molecule has 1 aromatic rings. The van der Waals surface area contributed by atoms with Gasteiger partial charge in [0.2, 0.25) is 5.91 Å². The maximum absolute atomic E-state index is 12.1. The smallest absolute Gasteiger partial charge is 0.236 e. The summed E-state index contributed by atoms with van der Waals surface area (Å²) in [5.74, 6) is 0.228. The summed E-state index contributed by atoms with van der Waals surface area (Å²) >= 11 is 1.77. The molecule has 1 aliphatic heterocycles. The van der Waals surface area contributed by atoms with Crippen LogP contribution in [0.25, 0.3) is 0 Å². The van der Waals surface area contributed by atoms with Crippen LogP contribution in [0.1, 0.15) is 11.8 Å². The highest BCUT2D eigenvalue weighted by molar-refractivity contribution is 7.09. The SMILES string of the molecule is CC(Cc1cccs1)NCC(=O)N1CCN(C)CC1. The third-order valence-electron chi connectivity index (χ3n) is 3.55. The van der Waals surface area contributed by atoms with Gasteiger partial charge in [0.1, 0.15) is 0 Å². The average Bonchev–Trinajstić information content (AvgIpc) is 2.89. The van der Waals surface area contributed by atoms with Crippen LogP contribution in [0.2, 0.25) is 0 Å². The average molecular weight is 281 g/mol. The molecule has 106 valence electrons. The van der Waals surface area contributed by atoms with Crippen LogP contribution in [-0.4, -0.2) is 61.5 Å². The molecular weight excluding hydrogens is 258 g/mol. The van der Waals surface area contributed by atoms with E-state index < -0.39 is 0 Å². The molecule has 1 atom stereocenters. The third kappa shape index (κ3) is 4.60. The zero-order valence-electron chi connectivity index (χ0n) is 11.8. The summed E-state index contributed by atoms with van der Waals surface area (Å²) in [6.07, 6.45) is 0.994. The van der Waals surface area contributed by atoms with Crippen LogP contribution >= 0.6 is 11.3 Å². The molecule has 2 heterocycles. The molecule has 1 aliphatic rings. The molecular formula is C14H23N3OS. The number of likely N-dealkylation sites (N-methyl/N-ethyl adjacent to an activating group) is 1. The summed E-state index contributed by atoms with van der Waals surface area (Å²) in [4.78, 5) is 17.7. The van der Waals surface area contributed by atoms with E-state index in [1.807, 2.05) is 4.90 Å². The fourth-order valence-electron chi connectivity index (χ4n) is 2.23. The number of amides is 1. The Kier molecular flexibility index (Phi) is 5.36. The molecule has 1 N–H and O–H groups in total. The molecule has 0 spiro atoms. The van der Waals surface area contributed by atoms with Crippen LogP contribution < -0.4 is 5.32 Å². The van der Waals surface area contributed by atoms with Gasteiger partial charge < -0.3 is 15.1 Å². The number of nitrogens with one attached hydrogen (secondary N) is 1. The third-order valence-corrected chi connectivity index (χ3v) is 4.44. The Bertz CT molecular complexity index is 385. The summed E-state index contributed by atoms with van der Waals surface area (Å²) < 4.78 is 0. The number of rotatable bonds is 5. The number of thiophene rings is 1. The van der Waals surface area contributed by atoms with Crippen molar-refractivity contribution >= 4 is 17.2 Å². The van der Waals surface area contributed by atoms with Crippen molar-refractivity contribution in [2.75, 3.05) is 39.8 Å². The van der Waals surface area contributed by atoms with Gasteiger partial charge in [0, 0.05) is 37.1 Å². The molecule has 0 aliphatic carbocycles. The second kappa shape index (κ2) is 7.03. The van der Waals surface area contributed by atoms with Crippen molar-refractivity contribution in [3.8, 4) is 0 Å². The molecule has 1 fully saturated rings. The lowest BCUT2D eigenvalue weighted by atomic mass is 10.2. The predicted octanol–water partition coefficient (Wildman–Crippen LogP) is 1.04. The van der Waals surface area contributed by atoms with E-state index in [2.05, 4.69) is 41.7 Å². The van der Waals surface area contributed by atoms with Gasteiger partial charge in [0.25, 0.3) is 0 Å². The largest absolute Gasteiger partial charge is 0.339 e. The number of hydrogen-bond donors (Lipinski definition) is 1. The second-order valence-corrected chi connectivity index (χ2v) is 6.28. The number of piperazine rings is 1. The van der Waals surface area contributed by atoms with Gasteiger partial charge >= 0.3 is 0 Å². The van der Waals surface area contributed by atoms with Crippen LogP contribution in [0.3, 0.4) is 0 Å². The summed E-state index contributed by atoms with van der Waals surface area (Å²) in [7, 11) is 2.10. The van der Waals surface area contributed by atoms with Gasteiger partial charge in [0.15, 0.2) is 0 Å². The highest BCUT2D eigenvalue weighted by Crippen LogP contribution is 2.10. The van der Waals surface area contributed by atoms with Crippen molar-refractivity contribution in [1.29, 1.82) is 0 Å². The molecule has 1 saturated heterocycles. The Hall–Kier alpha value is -0.910. The van der Waals surface area contributed by atoms with Crippen molar-refractivity contribution < 1.29 is 4.79 Å². The molecule has 0 aromatic carbocycles. The zero-order valence-corrected chi connectivity index (χ0v) is 12.6. The van der Waals surface area contributed by atoms with Gasteiger partial charge in [-0.05, 0) is 31.8 Å². The van der Waals surface area contributed by atoms with E-state index in [1.54, 1.807) is 11.3 Å². The maximum atomic E-state index is 12.1. The summed E-state index contributed by atoms with van der Waals surface area (Å²) in [6, 6.07) is 4.56. The minimum atomic E-state index is 0.228. The van der Waals surface area contributed by atoms with E-state index in [4.69, 9.17) is 0 Å². The van der Waals surface area contributed by atoms with Crippen LogP contribution in [0.4, 0.5) is 0 Å². The van der Waals surface area contributed by atoms with Crippen LogP contribution in [-0.2, 0) is 11.2 Å². The van der Waals surface area contributed by atoms with Crippen LogP contribution in [0.5, 0.6) is 0 Å². The summed E-state index contributed by atoms with van der Waals surface area (Å²) in [5, 5.41) is 5.43. The van der Waals surface area contributed by atoms with Gasteiger partial charge in [-0.2, -0.15) is 0 Å². The van der Waals surface area contributed by atoms with Crippen LogP contribution in [0.15, 0.2) is 17.5 Å². The molecule has 5 heteroatoms. The first-order valence-corrected chi connectivity index (χ1v) is 7.75. The lowest BCUT2D eigenvalue weighted by Crippen LogP contribution is -2.50. The molecule has 0 radical (unpaired) electrons. The van der Waals surface area contributed by atoms with Crippen molar-refractivity contribution in [3.63, 3.8) is 0 Å². The van der Waals surface area contributed by atoms with Gasteiger partial charge in [-0.1, -0.05) is 6.07 Å². The second-order valence-electron chi connectivity index (χ2n) is 5.25. The molecule has 1 amide bonds. The predicted molar refractivity (Wildman–Crippen MR) is 79.6 cm³/mol. The molecule has 4 nitrogen and oxygen atoms in total. The molecule has 1 unspecified atom stereocenters. The van der Waals surface area contributed by atoms with Gasteiger partial charge in [0.05, 0.1) is 6.54 Å². The number of hydrogen-bond acceptors (Lipinski definition) is 4. The van der Waals surface area contributed by atoms with E-state index in [1.165, 1.54) is 4.88 Å². The fourth-order valence-corrected chi connectivity index (χ4v) is 3.07. The first-order chi connectivity index (χ1) is 9.15. The monoisotopic (exact) mass is 281 g/mol. The van der Waals surface area contributed by atoms with Crippen molar-refractivity contribution in [2.24, 2.45) is 0 Å². The molecule has 0 saturated carbocycles. The number of carbonyl (C=O) groups excluding carboxylic acids is 1. The zero-order chi connectivity index (χ0) is 13.7. The Labute approximate surface area is 119 Å². The van der Waals surface area contributed by atoms with E-state index in [0.29, 0.717) is 12.6 Å². The lowest BCUT2D eigenvalue weighted by molar-refractivity contribution is -0.131. The summed E-state index contributed by atoms with van der Waals surface area (Å²) in [6.45, 7) is 6.27. The number of nitrogens with zero attached hydrogens (tertiary/aromatic N) is 2. The Balaban J connectivity index is 1.68. The molecule has 1 aromatic heterocycles. The molecule has 2 rings (SSSR count). The van der Waals surface area contributed by atoms with E-state index in [0.717, 1.165) is 32.6 Å². The Morgan fingerprint density at radius 2 is 2.16 bits per heavy atom. The first-order valence-electron chi connectivity index (χ1n) is 6.87. The van der Waals surface area contributed by atoms with E-state index in [-0.39, 0.29) is 5.91 Å². The molecule has 0 bridgehead atoms. The normalized spacial score (nSPS) is 18.5. The van der Waals surface area contributed by atoms with E-state index in [9.17, 15) is 4.79 Å². The van der Waals surface area contributed by atoms with Crippen LogP contribution in [0, 0.1) is 0 Å². The first kappa shape index (κ1) is 14.5. The Morgan fingerprint density at radius 3 is 2.79 bits per heavy atom. The maximum Gasteiger partial charge on any atom is 0.236 e. The summed E-state index contributed by atoms with van der Waals surface area (Å²) in [5.41, 5.74) is 0. The van der Waals surface area contributed by atoms with Gasteiger partial charge in [-0.25, -0.2) is 0 Å². The standard InChI is InChI=1S/C14H23N3OS/c1-12(10-13-4-3-9-19-13)15-11-14(18)17-7-5-16(2)6-8-17/h3-4,9,12,15H,5-8,10-11H2,1-2H3. The number of carbonyl (C=O) groups is 1. The van der Waals surface area contributed by atoms with Crippen molar-refractivity contribution in [3.05, 3.63) is 22.4 Å². The van der Waals surface area contributed by atoms with Gasteiger partial charge in [-0.15, -0.1) is 11.3 Å². The Morgan fingerprint density at radius 1 is 1.42 bits per heavy atom. The highest BCUT2D eigenvalue weighted by Gasteiger charge is 2.19. The highest BCUT2D eigenvalue weighted by atomic mass is 32.1. The topological polar surface area (TPSA) is 35.6 Å².